The molecule has 3 unspecified atom stereocenters. The van der Waals surface area contributed by atoms with Gasteiger partial charge in [0, 0.05) is 26.5 Å². The van der Waals surface area contributed by atoms with Gasteiger partial charge in [0.2, 0.25) is 11.8 Å². The van der Waals surface area contributed by atoms with Crippen LogP contribution in [-0.4, -0.2) is 65.7 Å². The topological polar surface area (TPSA) is 125 Å². The molecule has 2 heterocycles. The molecule has 2 aliphatic heterocycles. The molecule has 2 aliphatic rings. The number of methoxy groups -OCH3 is 1. The summed E-state index contributed by atoms with van der Waals surface area (Å²) in [5.74, 6) is -2.07. The zero-order valence-corrected chi connectivity index (χ0v) is 11.5. The number of nitrogens with zero attached hydrogens (tertiary/aromatic N) is 1. The van der Waals surface area contributed by atoms with Crippen molar-refractivity contribution in [2.45, 2.75) is 37.5 Å². The molecule has 0 spiro atoms. The number of piperidine rings is 1. The third kappa shape index (κ3) is 3.30. The molecule has 3 atom stereocenters. The molecule has 9 heteroatoms. The first-order valence-electron chi connectivity index (χ1n) is 6.58. The van der Waals surface area contributed by atoms with Gasteiger partial charge in [-0.3, -0.25) is 14.9 Å². The maximum absolute atomic E-state index is 12.1. The Morgan fingerprint density at radius 1 is 1.43 bits per heavy atom. The molecular formula is C12H17N3O6. The molecule has 0 saturated carbocycles. The Kier molecular flexibility index (Phi) is 4.41. The zero-order chi connectivity index (χ0) is 15.6. The van der Waals surface area contributed by atoms with Gasteiger partial charge in [-0.05, 0) is 6.42 Å². The van der Waals surface area contributed by atoms with E-state index in [9.17, 15) is 19.2 Å². The zero-order valence-electron chi connectivity index (χ0n) is 11.5. The van der Waals surface area contributed by atoms with Crippen LogP contribution < -0.4 is 10.6 Å². The van der Waals surface area contributed by atoms with E-state index in [2.05, 4.69) is 10.6 Å². The number of carboxylic acids is 1. The van der Waals surface area contributed by atoms with E-state index in [0.717, 1.165) is 4.90 Å². The minimum Gasteiger partial charge on any atom is -0.480 e. The highest BCUT2D eigenvalue weighted by Crippen LogP contribution is 2.20. The lowest BCUT2D eigenvalue weighted by Crippen LogP contribution is -2.56. The second-order valence-electron chi connectivity index (χ2n) is 5.05. The molecule has 2 rings (SSSR count). The Bertz CT molecular complexity index is 480. The van der Waals surface area contributed by atoms with Crippen molar-refractivity contribution in [3.8, 4) is 0 Å². The molecule has 21 heavy (non-hydrogen) atoms. The summed E-state index contributed by atoms with van der Waals surface area (Å²) in [5.41, 5.74) is 0. The summed E-state index contributed by atoms with van der Waals surface area (Å²) in [6.07, 6.45) is 0.197. The van der Waals surface area contributed by atoms with E-state index in [0.29, 0.717) is 0 Å². The van der Waals surface area contributed by atoms with Gasteiger partial charge in [-0.25, -0.2) is 9.59 Å². The highest BCUT2D eigenvalue weighted by molar-refractivity contribution is 6.01. The van der Waals surface area contributed by atoms with Crippen LogP contribution in [0, 0.1) is 0 Å². The summed E-state index contributed by atoms with van der Waals surface area (Å²) in [6.45, 7) is 0.145. The fourth-order valence-corrected chi connectivity index (χ4v) is 2.49. The number of carbonyl (C=O) groups excluding carboxylic acids is 3. The molecule has 0 aromatic heterocycles. The van der Waals surface area contributed by atoms with E-state index in [1.54, 1.807) is 0 Å². The minimum atomic E-state index is -1.12. The number of urea groups is 1. The number of ether oxygens (including phenoxy) is 1. The number of carbonyl (C=O) groups is 4. The summed E-state index contributed by atoms with van der Waals surface area (Å²) in [4.78, 5) is 47.1. The maximum atomic E-state index is 12.1. The van der Waals surface area contributed by atoms with E-state index in [4.69, 9.17) is 9.84 Å². The third-order valence-electron chi connectivity index (χ3n) is 3.68. The van der Waals surface area contributed by atoms with Crippen LogP contribution >= 0.6 is 0 Å². The van der Waals surface area contributed by atoms with Gasteiger partial charge in [-0.2, -0.15) is 0 Å². The van der Waals surface area contributed by atoms with E-state index >= 15 is 0 Å². The number of imide groups is 1. The van der Waals surface area contributed by atoms with Crippen molar-refractivity contribution in [1.29, 1.82) is 0 Å². The average Bonchev–Trinajstić information content (AvgIpc) is 2.86. The summed E-state index contributed by atoms with van der Waals surface area (Å²) in [7, 11) is 1.45. The summed E-state index contributed by atoms with van der Waals surface area (Å²) in [5, 5.41) is 13.7. The average molecular weight is 299 g/mol. The lowest BCUT2D eigenvalue weighted by atomic mass is 10.1. The van der Waals surface area contributed by atoms with Gasteiger partial charge in [-0.1, -0.05) is 0 Å². The number of carboxylic acid groups (broad SMARTS) is 1. The van der Waals surface area contributed by atoms with Crippen molar-refractivity contribution in [2.24, 2.45) is 0 Å². The first kappa shape index (κ1) is 15.2. The number of rotatable bonds is 3. The van der Waals surface area contributed by atoms with Crippen LogP contribution in [0.25, 0.3) is 0 Å². The number of hydrogen-bond acceptors (Lipinski definition) is 5. The Hall–Kier alpha value is -2.16. The van der Waals surface area contributed by atoms with Crippen LogP contribution in [0.3, 0.4) is 0 Å². The Morgan fingerprint density at radius 2 is 2.14 bits per heavy atom. The SMILES string of the molecule is COC1CC(C(=O)O)N(C(=O)NC2CCC(=O)NC2=O)C1. The maximum Gasteiger partial charge on any atom is 0.326 e. The second-order valence-corrected chi connectivity index (χ2v) is 5.05. The van der Waals surface area contributed by atoms with Gasteiger partial charge >= 0.3 is 12.0 Å². The van der Waals surface area contributed by atoms with Crippen LogP contribution in [0.1, 0.15) is 19.3 Å². The predicted molar refractivity (Wildman–Crippen MR) is 68.2 cm³/mol. The molecule has 4 amide bonds. The van der Waals surface area contributed by atoms with Crippen LogP contribution in [0.5, 0.6) is 0 Å². The van der Waals surface area contributed by atoms with E-state index < -0.39 is 30.0 Å². The Morgan fingerprint density at radius 3 is 2.71 bits per heavy atom. The fraction of sp³-hybridized carbons (Fsp3) is 0.667. The van der Waals surface area contributed by atoms with Crippen LogP contribution in [0.15, 0.2) is 0 Å². The largest absolute Gasteiger partial charge is 0.480 e. The minimum absolute atomic E-state index is 0.139. The normalized spacial score (nSPS) is 29.2. The van der Waals surface area contributed by atoms with E-state index in [1.165, 1.54) is 7.11 Å². The molecule has 116 valence electrons. The number of amides is 4. The van der Waals surface area contributed by atoms with Gasteiger partial charge in [-0.15, -0.1) is 0 Å². The molecule has 2 saturated heterocycles. The Balaban J connectivity index is 2.00. The lowest BCUT2D eigenvalue weighted by molar-refractivity contribution is -0.141. The predicted octanol–water partition coefficient (Wildman–Crippen LogP) is -1.32. The van der Waals surface area contributed by atoms with Crippen LogP contribution in [0.2, 0.25) is 0 Å². The molecule has 9 nitrogen and oxygen atoms in total. The molecule has 0 aliphatic carbocycles. The molecule has 3 N–H and O–H groups in total. The number of likely N-dealkylation sites (tertiary alicyclic amines) is 1. The van der Waals surface area contributed by atoms with Crippen molar-refractivity contribution in [2.75, 3.05) is 13.7 Å². The lowest BCUT2D eigenvalue weighted by Gasteiger charge is -2.27. The number of hydrogen-bond donors (Lipinski definition) is 3. The summed E-state index contributed by atoms with van der Waals surface area (Å²) < 4.78 is 5.09. The quantitative estimate of drug-likeness (QED) is 0.555. The second kappa shape index (κ2) is 6.08. The first-order chi connectivity index (χ1) is 9.92. The van der Waals surface area contributed by atoms with Crippen LogP contribution in [-0.2, 0) is 19.1 Å². The van der Waals surface area contributed by atoms with Crippen molar-refractivity contribution in [3.05, 3.63) is 0 Å². The van der Waals surface area contributed by atoms with E-state index in [-0.39, 0.29) is 37.8 Å². The molecule has 0 bridgehead atoms. The molecule has 2 fully saturated rings. The molecule has 0 aromatic rings. The van der Waals surface area contributed by atoms with Crippen molar-refractivity contribution >= 4 is 23.8 Å². The summed E-state index contributed by atoms with van der Waals surface area (Å²) in [6, 6.07) is -2.45. The first-order valence-corrected chi connectivity index (χ1v) is 6.58. The van der Waals surface area contributed by atoms with Gasteiger partial charge in [0.1, 0.15) is 12.1 Å². The smallest absolute Gasteiger partial charge is 0.326 e. The number of nitrogens with one attached hydrogen (secondary N) is 2. The van der Waals surface area contributed by atoms with E-state index in [1.807, 2.05) is 0 Å². The van der Waals surface area contributed by atoms with Gasteiger partial charge in [0.15, 0.2) is 0 Å². The van der Waals surface area contributed by atoms with Crippen molar-refractivity contribution in [1.82, 2.24) is 15.5 Å². The summed E-state index contributed by atoms with van der Waals surface area (Å²) >= 11 is 0. The third-order valence-corrected chi connectivity index (χ3v) is 3.68. The van der Waals surface area contributed by atoms with Gasteiger partial charge in [0.25, 0.3) is 0 Å². The molecule has 0 radical (unpaired) electrons. The molecule has 0 aromatic carbocycles. The molecular weight excluding hydrogens is 282 g/mol. The highest BCUT2D eigenvalue weighted by atomic mass is 16.5. The van der Waals surface area contributed by atoms with Crippen molar-refractivity contribution < 1.29 is 29.0 Å². The van der Waals surface area contributed by atoms with Gasteiger partial charge < -0.3 is 20.1 Å². The van der Waals surface area contributed by atoms with Crippen LogP contribution in [0.4, 0.5) is 4.79 Å². The van der Waals surface area contributed by atoms with Gasteiger partial charge in [0.05, 0.1) is 6.10 Å². The highest BCUT2D eigenvalue weighted by Gasteiger charge is 2.41. The number of aliphatic carboxylic acids is 1. The monoisotopic (exact) mass is 299 g/mol. The standard InChI is InChI=1S/C12H17N3O6/c1-21-6-4-8(11(18)19)15(5-6)12(20)13-7-2-3-9(16)14-10(7)17/h6-8H,2-5H2,1H3,(H,13,20)(H,18,19)(H,14,16,17). The fourth-order valence-electron chi connectivity index (χ4n) is 2.49. The Labute approximate surface area is 120 Å². The van der Waals surface area contributed by atoms with Crippen molar-refractivity contribution in [3.63, 3.8) is 0 Å².